The SMILES string of the molecule is CC(C)(C)[Si](C)(C)Oc1ccccc1OC1(c2ccccc2)OOC12C1CC3CC(C1)CC2C3. The van der Waals surface area contributed by atoms with E-state index in [9.17, 15) is 0 Å². The molecule has 1 atom stereocenters. The normalized spacial score (nSPS) is 36.4. The van der Waals surface area contributed by atoms with E-state index < -0.39 is 19.7 Å². The van der Waals surface area contributed by atoms with Gasteiger partial charge in [0.25, 0.3) is 14.1 Å². The first-order chi connectivity index (χ1) is 16.1. The van der Waals surface area contributed by atoms with Crippen molar-refractivity contribution in [2.24, 2.45) is 23.7 Å². The van der Waals surface area contributed by atoms with E-state index in [-0.39, 0.29) is 5.04 Å². The average Bonchev–Trinajstić information content (AvgIpc) is 2.77. The van der Waals surface area contributed by atoms with Crippen LogP contribution < -0.4 is 9.16 Å². The number of ether oxygens (including phenoxy) is 1. The molecule has 5 heteroatoms. The van der Waals surface area contributed by atoms with Crippen molar-refractivity contribution in [3.8, 4) is 11.5 Å². The number of hydrogen-bond acceptors (Lipinski definition) is 4. The van der Waals surface area contributed by atoms with E-state index in [1.54, 1.807) is 0 Å². The van der Waals surface area contributed by atoms with Crippen molar-refractivity contribution in [1.29, 1.82) is 0 Å². The summed E-state index contributed by atoms with van der Waals surface area (Å²) in [5, 5.41) is 0.0932. The Morgan fingerprint density at radius 1 is 0.765 bits per heavy atom. The second kappa shape index (κ2) is 7.59. The maximum atomic E-state index is 7.04. The molecule has 1 spiro atoms. The number of benzene rings is 2. The van der Waals surface area contributed by atoms with Gasteiger partial charge in [0, 0.05) is 5.56 Å². The highest BCUT2D eigenvalue weighted by Crippen LogP contribution is 2.69. The third-order valence-electron chi connectivity index (χ3n) is 9.59. The molecule has 1 unspecified atom stereocenters. The van der Waals surface area contributed by atoms with E-state index in [0.29, 0.717) is 11.8 Å². The van der Waals surface area contributed by atoms with Crippen molar-refractivity contribution >= 4 is 8.32 Å². The van der Waals surface area contributed by atoms with Gasteiger partial charge < -0.3 is 9.16 Å². The quantitative estimate of drug-likeness (QED) is 0.330. The summed E-state index contributed by atoms with van der Waals surface area (Å²) in [6.07, 6.45) is 6.27. The van der Waals surface area contributed by atoms with Gasteiger partial charge in [-0.25, -0.2) is 4.89 Å². The molecule has 5 fully saturated rings. The van der Waals surface area contributed by atoms with Crippen LogP contribution in [0.25, 0.3) is 0 Å². The van der Waals surface area contributed by atoms with E-state index in [0.717, 1.165) is 28.9 Å². The van der Waals surface area contributed by atoms with E-state index in [1.165, 1.54) is 32.1 Å². The lowest BCUT2D eigenvalue weighted by atomic mass is 9.47. The first kappa shape index (κ1) is 22.6. The molecule has 0 radical (unpaired) electrons. The standard InChI is InChI=1S/C29H38O4Si/c1-27(2,3)34(4,5)31-26-14-10-9-13-25(26)30-29(22-11-7-6-8-12-22)28(32-33-29)23-16-20-15-21(18-23)19-24(28)17-20/h6-14,20-21,23-24H,15-19H2,1-5H3. The van der Waals surface area contributed by atoms with Gasteiger partial charge in [-0.3, -0.25) is 0 Å². The molecule has 1 saturated heterocycles. The highest BCUT2D eigenvalue weighted by molar-refractivity contribution is 6.74. The van der Waals surface area contributed by atoms with Crippen molar-refractivity contribution < 1.29 is 18.9 Å². The second-order valence-electron chi connectivity index (χ2n) is 12.7. The fraction of sp³-hybridized carbons (Fsp3) is 0.586. The molecule has 0 N–H and O–H groups in total. The van der Waals surface area contributed by atoms with Crippen LogP contribution in [-0.4, -0.2) is 13.9 Å². The zero-order valence-electron chi connectivity index (χ0n) is 21.2. The van der Waals surface area contributed by atoms with Crippen LogP contribution in [0.1, 0.15) is 58.4 Å². The third kappa shape index (κ3) is 3.16. The molecule has 4 aliphatic carbocycles. The molecular weight excluding hydrogens is 440 g/mol. The van der Waals surface area contributed by atoms with E-state index in [2.05, 4.69) is 64.2 Å². The van der Waals surface area contributed by atoms with Gasteiger partial charge in [-0.05, 0) is 86.0 Å². The van der Waals surface area contributed by atoms with Crippen LogP contribution in [0.5, 0.6) is 11.5 Å². The lowest BCUT2D eigenvalue weighted by Crippen LogP contribution is -2.77. The number of para-hydroxylation sites is 2. The zero-order chi connectivity index (χ0) is 23.8. The molecule has 4 nitrogen and oxygen atoms in total. The molecule has 1 heterocycles. The summed E-state index contributed by atoms with van der Waals surface area (Å²) in [6, 6.07) is 18.6. The van der Waals surface area contributed by atoms with Crippen LogP contribution in [0.3, 0.4) is 0 Å². The van der Waals surface area contributed by atoms with Gasteiger partial charge in [-0.2, -0.15) is 4.89 Å². The Balaban J connectivity index is 1.42. The molecule has 4 saturated carbocycles. The molecule has 0 aromatic heterocycles. The lowest BCUT2D eigenvalue weighted by Gasteiger charge is -2.68. The van der Waals surface area contributed by atoms with Gasteiger partial charge in [0.2, 0.25) is 0 Å². The monoisotopic (exact) mass is 478 g/mol. The minimum atomic E-state index is -2.05. The fourth-order valence-electron chi connectivity index (χ4n) is 7.06. The van der Waals surface area contributed by atoms with Gasteiger partial charge in [-0.15, -0.1) is 0 Å². The molecule has 182 valence electrons. The van der Waals surface area contributed by atoms with Crippen molar-refractivity contribution in [2.75, 3.05) is 0 Å². The summed E-state index contributed by atoms with van der Waals surface area (Å²) >= 11 is 0. The smallest absolute Gasteiger partial charge is 0.299 e. The minimum Gasteiger partial charge on any atom is -0.541 e. The van der Waals surface area contributed by atoms with Crippen LogP contribution in [-0.2, 0) is 15.6 Å². The summed E-state index contributed by atoms with van der Waals surface area (Å²) in [7, 11) is -2.05. The predicted octanol–water partition coefficient (Wildman–Crippen LogP) is 7.46. The fourth-order valence-corrected chi connectivity index (χ4v) is 8.08. The molecular formula is C29H38O4Si. The molecule has 0 amide bonds. The van der Waals surface area contributed by atoms with E-state index in [1.807, 2.05) is 24.3 Å². The summed E-state index contributed by atoms with van der Waals surface area (Å²) in [5.74, 6) is 3.19. The Morgan fingerprint density at radius 3 is 1.85 bits per heavy atom. The number of rotatable bonds is 5. The minimum absolute atomic E-state index is 0.0932. The lowest BCUT2D eigenvalue weighted by molar-refractivity contribution is -0.635. The topological polar surface area (TPSA) is 36.9 Å². The summed E-state index contributed by atoms with van der Waals surface area (Å²) in [6.45, 7) is 11.3. The summed E-state index contributed by atoms with van der Waals surface area (Å²) in [4.78, 5) is 12.4. The Bertz CT molecular complexity index is 1030. The molecule has 2 aromatic rings. The maximum absolute atomic E-state index is 7.04. The van der Waals surface area contributed by atoms with Gasteiger partial charge in [0.15, 0.2) is 11.4 Å². The first-order valence-electron chi connectivity index (χ1n) is 13.0. The van der Waals surface area contributed by atoms with Crippen molar-refractivity contribution in [2.45, 2.75) is 82.4 Å². The molecule has 34 heavy (non-hydrogen) atoms. The number of hydrogen-bond donors (Lipinski definition) is 0. The van der Waals surface area contributed by atoms with Gasteiger partial charge >= 0.3 is 0 Å². The van der Waals surface area contributed by atoms with Crippen LogP contribution >= 0.6 is 0 Å². The predicted molar refractivity (Wildman–Crippen MR) is 135 cm³/mol. The van der Waals surface area contributed by atoms with Crippen molar-refractivity contribution in [3.63, 3.8) is 0 Å². The van der Waals surface area contributed by atoms with Crippen LogP contribution in [0, 0.1) is 23.7 Å². The zero-order valence-corrected chi connectivity index (χ0v) is 22.2. The van der Waals surface area contributed by atoms with Crippen LogP contribution in [0.15, 0.2) is 54.6 Å². The second-order valence-corrected chi connectivity index (χ2v) is 17.4. The molecule has 7 rings (SSSR count). The van der Waals surface area contributed by atoms with Crippen molar-refractivity contribution in [1.82, 2.24) is 0 Å². The van der Waals surface area contributed by atoms with Gasteiger partial charge in [0.05, 0.1) is 0 Å². The summed E-state index contributed by atoms with van der Waals surface area (Å²) < 4.78 is 13.8. The van der Waals surface area contributed by atoms with Gasteiger partial charge in [-0.1, -0.05) is 63.2 Å². The third-order valence-corrected chi connectivity index (χ3v) is 13.9. The Morgan fingerprint density at radius 2 is 1.32 bits per heavy atom. The Hall–Kier alpha value is -1.82. The van der Waals surface area contributed by atoms with E-state index in [4.69, 9.17) is 18.9 Å². The van der Waals surface area contributed by atoms with Crippen molar-refractivity contribution in [3.05, 3.63) is 60.2 Å². The largest absolute Gasteiger partial charge is 0.541 e. The maximum Gasteiger partial charge on any atom is 0.299 e. The summed E-state index contributed by atoms with van der Waals surface area (Å²) in [5.41, 5.74) is 0.599. The molecule has 2 aromatic carbocycles. The van der Waals surface area contributed by atoms with Crippen LogP contribution in [0.2, 0.25) is 18.1 Å². The molecule has 4 bridgehead atoms. The Kier molecular flexibility index (Phi) is 5.05. The molecule has 1 aliphatic heterocycles. The highest BCUT2D eigenvalue weighted by atomic mass is 28.4. The first-order valence-corrected chi connectivity index (χ1v) is 15.9. The van der Waals surface area contributed by atoms with Crippen LogP contribution in [0.4, 0.5) is 0 Å². The van der Waals surface area contributed by atoms with Gasteiger partial charge in [0.1, 0.15) is 5.75 Å². The Labute approximate surface area is 205 Å². The highest BCUT2D eigenvalue weighted by Gasteiger charge is 2.77. The van der Waals surface area contributed by atoms with E-state index >= 15 is 0 Å². The average molecular weight is 479 g/mol. The molecule has 5 aliphatic rings.